The van der Waals surface area contributed by atoms with Crippen LogP contribution in [0.5, 0.6) is 0 Å². The minimum atomic E-state index is 0.156. The van der Waals surface area contributed by atoms with E-state index in [1.165, 1.54) is 16.8 Å². The Bertz CT molecular complexity index is 485. The summed E-state index contributed by atoms with van der Waals surface area (Å²) in [5.41, 5.74) is 3.90. The van der Waals surface area contributed by atoms with E-state index in [0.717, 1.165) is 19.5 Å². The SMILES string of the molecule is CCNC(C)c1ccc2c(c1)CCN2CC(=O)N(C)C. The van der Waals surface area contributed by atoms with Crippen LogP contribution in [0.15, 0.2) is 18.2 Å². The number of fused-ring (bicyclic) bond motifs is 1. The van der Waals surface area contributed by atoms with Gasteiger partial charge in [-0.2, -0.15) is 0 Å². The second-order valence-corrected chi connectivity index (χ2v) is 5.63. The molecule has 0 saturated heterocycles. The highest BCUT2D eigenvalue weighted by molar-refractivity contribution is 5.82. The van der Waals surface area contributed by atoms with Crippen molar-refractivity contribution >= 4 is 11.6 Å². The Kier molecular flexibility index (Phi) is 4.65. The van der Waals surface area contributed by atoms with Crippen LogP contribution >= 0.6 is 0 Å². The zero-order chi connectivity index (χ0) is 14.7. The molecule has 0 aliphatic carbocycles. The fourth-order valence-electron chi connectivity index (χ4n) is 2.65. The van der Waals surface area contributed by atoms with E-state index in [0.29, 0.717) is 12.6 Å². The van der Waals surface area contributed by atoms with Crippen LogP contribution in [0.2, 0.25) is 0 Å². The van der Waals surface area contributed by atoms with Crippen LogP contribution in [0, 0.1) is 0 Å². The lowest BCUT2D eigenvalue weighted by Gasteiger charge is -2.21. The van der Waals surface area contributed by atoms with Gasteiger partial charge in [0.25, 0.3) is 0 Å². The first-order chi connectivity index (χ1) is 9.52. The highest BCUT2D eigenvalue weighted by atomic mass is 16.2. The summed E-state index contributed by atoms with van der Waals surface area (Å²) in [5.74, 6) is 0.156. The molecule has 0 saturated carbocycles. The monoisotopic (exact) mass is 275 g/mol. The van der Waals surface area contributed by atoms with Gasteiger partial charge in [-0.25, -0.2) is 0 Å². The second-order valence-electron chi connectivity index (χ2n) is 5.63. The van der Waals surface area contributed by atoms with E-state index in [1.807, 2.05) is 0 Å². The van der Waals surface area contributed by atoms with Crippen molar-refractivity contribution in [2.45, 2.75) is 26.3 Å². The fraction of sp³-hybridized carbons (Fsp3) is 0.562. The molecule has 1 amide bonds. The van der Waals surface area contributed by atoms with E-state index < -0.39 is 0 Å². The van der Waals surface area contributed by atoms with Gasteiger partial charge in [-0.05, 0) is 37.1 Å². The standard InChI is InChI=1S/C16H25N3O/c1-5-17-12(2)13-6-7-15-14(10-13)8-9-19(15)11-16(20)18(3)4/h6-7,10,12,17H,5,8-9,11H2,1-4H3. The number of anilines is 1. The highest BCUT2D eigenvalue weighted by Gasteiger charge is 2.22. The molecule has 1 aliphatic rings. The van der Waals surface area contributed by atoms with Gasteiger partial charge in [0, 0.05) is 32.4 Å². The van der Waals surface area contributed by atoms with Gasteiger partial charge >= 0.3 is 0 Å². The number of benzene rings is 1. The van der Waals surface area contributed by atoms with E-state index in [-0.39, 0.29) is 5.91 Å². The van der Waals surface area contributed by atoms with Crippen molar-refractivity contribution in [3.8, 4) is 0 Å². The fourth-order valence-corrected chi connectivity index (χ4v) is 2.65. The van der Waals surface area contributed by atoms with Crippen LogP contribution in [-0.2, 0) is 11.2 Å². The zero-order valence-electron chi connectivity index (χ0n) is 12.9. The Balaban J connectivity index is 2.12. The molecule has 1 heterocycles. The van der Waals surface area contributed by atoms with Gasteiger partial charge in [0.1, 0.15) is 0 Å². The molecule has 110 valence electrons. The molecule has 1 unspecified atom stereocenters. The second kappa shape index (κ2) is 6.27. The van der Waals surface area contributed by atoms with Crippen molar-refractivity contribution < 1.29 is 4.79 Å². The number of likely N-dealkylation sites (N-methyl/N-ethyl adjacent to an activating group) is 1. The quantitative estimate of drug-likeness (QED) is 0.890. The summed E-state index contributed by atoms with van der Waals surface area (Å²) in [6.45, 7) is 6.70. The van der Waals surface area contributed by atoms with Gasteiger partial charge in [0.15, 0.2) is 0 Å². The number of carbonyl (C=O) groups is 1. The first-order valence-electron chi connectivity index (χ1n) is 7.34. The maximum atomic E-state index is 11.8. The first-order valence-corrected chi connectivity index (χ1v) is 7.34. The van der Waals surface area contributed by atoms with Crippen molar-refractivity contribution in [1.29, 1.82) is 0 Å². The molecule has 1 N–H and O–H groups in total. The molecule has 0 fully saturated rings. The summed E-state index contributed by atoms with van der Waals surface area (Å²) in [5, 5.41) is 3.44. The molecule has 2 rings (SSSR count). The van der Waals surface area contributed by atoms with Gasteiger partial charge in [-0.15, -0.1) is 0 Å². The molecule has 4 nitrogen and oxygen atoms in total. The molecule has 1 aliphatic heterocycles. The van der Waals surface area contributed by atoms with Crippen molar-refractivity contribution in [1.82, 2.24) is 10.2 Å². The van der Waals surface area contributed by atoms with E-state index in [1.54, 1.807) is 19.0 Å². The van der Waals surface area contributed by atoms with Gasteiger partial charge in [0.2, 0.25) is 5.91 Å². The number of hydrogen-bond acceptors (Lipinski definition) is 3. The molecule has 0 radical (unpaired) electrons. The molecular weight excluding hydrogens is 250 g/mol. The third-order valence-corrected chi connectivity index (χ3v) is 3.93. The molecule has 1 aromatic carbocycles. The Morgan fingerprint density at radius 1 is 1.45 bits per heavy atom. The number of rotatable bonds is 5. The van der Waals surface area contributed by atoms with Crippen molar-refractivity contribution in [3.05, 3.63) is 29.3 Å². The number of nitrogens with one attached hydrogen (secondary N) is 1. The molecule has 1 atom stereocenters. The normalized spacial score (nSPS) is 15.1. The van der Waals surface area contributed by atoms with Gasteiger partial charge in [-0.1, -0.05) is 19.1 Å². The van der Waals surface area contributed by atoms with Crippen molar-refractivity contribution in [3.63, 3.8) is 0 Å². The summed E-state index contributed by atoms with van der Waals surface area (Å²) >= 11 is 0. The number of carbonyl (C=O) groups excluding carboxylic acids is 1. The molecule has 0 aromatic heterocycles. The molecule has 1 aromatic rings. The van der Waals surface area contributed by atoms with E-state index in [2.05, 4.69) is 42.3 Å². The zero-order valence-corrected chi connectivity index (χ0v) is 12.9. The highest BCUT2D eigenvalue weighted by Crippen LogP contribution is 2.30. The first kappa shape index (κ1) is 14.9. The Morgan fingerprint density at radius 2 is 2.20 bits per heavy atom. The van der Waals surface area contributed by atoms with Gasteiger partial charge in [-0.3, -0.25) is 4.79 Å². The number of amides is 1. The van der Waals surface area contributed by atoms with Crippen molar-refractivity contribution in [2.75, 3.05) is 38.6 Å². The third-order valence-electron chi connectivity index (χ3n) is 3.93. The minimum absolute atomic E-state index is 0.156. The summed E-state index contributed by atoms with van der Waals surface area (Å²) in [4.78, 5) is 15.7. The van der Waals surface area contributed by atoms with Crippen LogP contribution in [0.1, 0.15) is 31.0 Å². The van der Waals surface area contributed by atoms with Crippen LogP contribution < -0.4 is 10.2 Å². The third kappa shape index (κ3) is 3.12. The molecule has 0 bridgehead atoms. The predicted molar refractivity (Wildman–Crippen MR) is 83.1 cm³/mol. The molecular formula is C16H25N3O. The Labute approximate surface area is 121 Å². The van der Waals surface area contributed by atoms with E-state index in [9.17, 15) is 4.79 Å². The largest absolute Gasteiger partial charge is 0.362 e. The topological polar surface area (TPSA) is 35.6 Å². The lowest BCUT2D eigenvalue weighted by atomic mass is 10.0. The maximum absolute atomic E-state index is 11.8. The van der Waals surface area contributed by atoms with Crippen LogP contribution in [0.3, 0.4) is 0 Å². The Hall–Kier alpha value is -1.55. The van der Waals surface area contributed by atoms with E-state index >= 15 is 0 Å². The molecule has 20 heavy (non-hydrogen) atoms. The summed E-state index contributed by atoms with van der Waals surface area (Å²) in [6.07, 6.45) is 1.03. The predicted octanol–water partition coefficient (Wildman–Crippen LogP) is 1.81. The van der Waals surface area contributed by atoms with Gasteiger partial charge in [0.05, 0.1) is 6.54 Å². The summed E-state index contributed by atoms with van der Waals surface area (Å²) in [6, 6.07) is 6.99. The van der Waals surface area contributed by atoms with Crippen molar-refractivity contribution in [2.24, 2.45) is 0 Å². The van der Waals surface area contributed by atoms with Crippen LogP contribution in [0.25, 0.3) is 0 Å². The lowest BCUT2D eigenvalue weighted by Crippen LogP contribution is -2.35. The average Bonchev–Trinajstić information content (AvgIpc) is 2.81. The van der Waals surface area contributed by atoms with Gasteiger partial charge < -0.3 is 15.1 Å². The average molecular weight is 275 g/mol. The smallest absolute Gasteiger partial charge is 0.241 e. The number of hydrogen-bond donors (Lipinski definition) is 1. The molecule has 4 heteroatoms. The lowest BCUT2D eigenvalue weighted by molar-refractivity contribution is -0.127. The minimum Gasteiger partial charge on any atom is -0.362 e. The number of nitrogens with zero attached hydrogens (tertiary/aromatic N) is 2. The van der Waals surface area contributed by atoms with Crippen LogP contribution in [0.4, 0.5) is 5.69 Å². The molecule has 0 spiro atoms. The van der Waals surface area contributed by atoms with E-state index in [4.69, 9.17) is 0 Å². The summed E-state index contributed by atoms with van der Waals surface area (Å²) < 4.78 is 0. The maximum Gasteiger partial charge on any atom is 0.241 e. The Morgan fingerprint density at radius 3 is 2.85 bits per heavy atom. The summed E-state index contributed by atoms with van der Waals surface area (Å²) in [7, 11) is 3.61. The van der Waals surface area contributed by atoms with Crippen LogP contribution in [-0.4, -0.2) is 44.5 Å².